The molecule has 0 amide bonds. The van der Waals surface area contributed by atoms with Crippen molar-refractivity contribution in [3.8, 4) is 11.8 Å². The van der Waals surface area contributed by atoms with Crippen molar-refractivity contribution >= 4 is 11.5 Å². The standard InChI is InChI=1S/C19H16F2N4O2/c1-14(4-5-15-13-16(20)6-7-17(15)21)23-9-11-24(12-10-23)19-18(25(26)27)3-2-8-22-19/h2-3,6-8,13H,1,9-12H2. The summed E-state index contributed by atoms with van der Waals surface area (Å²) in [6.45, 7) is 5.97. The Morgan fingerprint density at radius 2 is 1.96 bits per heavy atom. The molecule has 6 nitrogen and oxygen atoms in total. The number of benzene rings is 1. The van der Waals surface area contributed by atoms with Gasteiger partial charge in [-0.25, -0.2) is 13.8 Å². The zero-order valence-electron chi connectivity index (χ0n) is 14.4. The number of nitro groups is 1. The minimum Gasteiger partial charge on any atom is -0.362 e. The second-order valence-corrected chi connectivity index (χ2v) is 5.90. The van der Waals surface area contributed by atoms with Crippen molar-refractivity contribution in [2.24, 2.45) is 0 Å². The van der Waals surface area contributed by atoms with Gasteiger partial charge in [0.2, 0.25) is 5.82 Å². The van der Waals surface area contributed by atoms with Crippen LogP contribution in [0.3, 0.4) is 0 Å². The van der Waals surface area contributed by atoms with E-state index in [4.69, 9.17) is 0 Å². The van der Waals surface area contributed by atoms with Gasteiger partial charge in [0.1, 0.15) is 11.6 Å². The van der Waals surface area contributed by atoms with E-state index >= 15 is 0 Å². The van der Waals surface area contributed by atoms with Gasteiger partial charge in [0, 0.05) is 38.4 Å². The first kappa shape index (κ1) is 18.3. The highest BCUT2D eigenvalue weighted by atomic mass is 19.1. The molecule has 2 heterocycles. The zero-order valence-corrected chi connectivity index (χ0v) is 14.4. The van der Waals surface area contributed by atoms with Gasteiger partial charge in [-0.15, -0.1) is 0 Å². The van der Waals surface area contributed by atoms with Crippen LogP contribution in [0.2, 0.25) is 0 Å². The van der Waals surface area contributed by atoms with E-state index in [0.29, 0.717) is 37.7 Å². The number of anilines is 1. The van der Waals surface area contributed by atoms with Crippen LogP contribution in [0.25, 0.3) is 0 Å². The summed E-state index contributed by atoms with van der Waals surface area (Å²) in [5, 5.41) is 11.1. The van der Waals surface area contributed by atoms with Crippen LogP contribution in [0.5, 0.6) is 0 Å². The molecule has 1 aliphatic heterocycles. The number of nitrogens with zero attached hydrogens (tertiary/aromatic N) is 4. The van der Waals surface area contributed by atoms with Crippen LogP contribution in [0.15, 0.2) is 48.8 Å². The molecule has 1 saturated heterocycles. The highest BCUT2D eigenvalue weighted by molar-refractivity contribution is 5.57. The van der Waals surface area contributed by atoms with E-state index in [0.717, 1.165) is 18.2 Å². The molecule has 1 aliphatic rings. The molecule has 0 radical (unpaired) electrons. The van der Waals surface area contributed by atoms with Gasteiger partial charge in [0.05, 0.1) is 16.2 Å². The van der Waals surface area contributed by atoms with Crippen molar-refractivity contribution in [3.05, 3.63) is 76.1 Å². The summed E-state index contributed by atoms with van der Waals surface area (Å²) in [5.74, 6) is 4.53. The fourth-order valence-corrected chi connectivity index (χ4v) is 2.77. The summed E-state index contributed by atoms with van der Waals surface area (Å²) in [7, 11) is 0. The van der Waals surface area contributed by atoms with Crippen molar-refractivity contribution < 1.29 is 13.7 Å². The van der Waals surface area contributed by atoms with Crippen LogP contribution < -0.4 is 4.90 Å². The lowest BCUT2D eigenvalue weighted by molar-refractivity contribution is -0.384. The first-order valence-corrected chi connectivity index (χ1v) is 8.21. The van der Waals surface area contributed by atoms with Crippen LogP contribution in [0.1, 0.15) is 5.56 Å². The lowest BCUT2D eigenvalue weighted by Crippen LogP contribution is -2.46. The minimum atomic E-state index is -0.594. The second kappa shape index (κ2) is 7.83. The average Bonchev–Trinajstić information content (AvgIpc) is 2.68. The molecule has 0 unspecified atom stereocenters. The number of hydrogen-bond donors (Lipinski definition) is 0. The molecule has 1 aromatic carbocycles. The maximum atomic E-state index is 13.6. The quantitative estimate of drug-likeness (QED) is 0.472. The van der Waals surface area contributed by atoms with Crippen molar-refractivity contribution in [1.29, 1.82) is 0 Å². The smallest absolute Gasteiger partial charge is 0.311 e. The predicted molar refractivity (Wildman–Crippen MR) is 97.1 cm³/mol. The van der Waals surface area contributed by atoms with Crippen molar-refractivity contribution in [1.82, 2.24) is 9.88 Å². The van der Waals surface area contributed by atoms with E-state index in [9.17, 15) is 18.9 Å². The molecule has 138 valence electrons. The Bertz CT molecular complexity index is 944. The molecule has 0 saturated carbocycles. The normalized spacial score (nSPS) is 13.7. The van der Waals surface area contributed by atoms with Gasteiger partial charge in [-0.2, -0.15) is 0 Å². The van der Waals surface area contributed by atoms with Gasteiger partial charge in [-0.1, -0.05) is 12.5 Å². The molecule has 0 spiro atoms. The number of allylic oxidation sites excluding steroid dienone is 1. The molecular formula is C19H16F2N4O2. The van der Waals surface area contributed by atoms with Gasteiger partial charge in [0.25, 0.3) is 0 Å². The predicted octanol–water partition coefficient (Wildman–Crippen LogP) is 2.96. The van der Waals surface area contributed by atoms with E-state index in [1.807, 2.05) is 9.80 Å². The third-order valence-electron chi connectivity index (χ3n) is 4.19. The lowest BCUT2D eigenvalue weighted by Gasteiger charge is -2.35. The second-order valence-electron chi connectivity index (χ2n) is 5.90. The first-order valence-electron chi connectivity index (χ1n) is 8.21. The third-order valence-corrected chi connectivity index (χ3v) is 4.19. The lowest BCUT2D eigenvalue weighted by atomic mass is 10.2. The molecule has 27 heavy (non-hydrogen) atoms. The van der Waals surface area contributed by atoms with E-state index in [-0.39, 0.29) is 11.3 Å². The van der Waals surface area contributed by atoms with Crippen LogP contribution in [0, 0.1) is 33.6 Å². The summed E-state index contributed by atoms with van der Waals surface area (Å²) in [4.78, 5) is 18.6. The number of pyridine rings is 1. The zero-order chi connectivity index (χ0) is 19.4. The molecule has 0 bridgehead atoms. The van der Waals surface area contributed by atoms with Crippen LogP contribution in [0.4, 0.5) is 20.3 Å². The number of hydrogen-bond acceptors (Lipinski definition) is 5. The van der Waals surface area contributed by atoms with E-state index in [1.165, 1.54) is 18.3 Å². The Kier molecular flexibility index (Phi) is 5.31. The monoisotopic (exact) mass is 370 g/mol. The maximum absolute atomic E-state index is 13.6. The highest BCUT2D eigenvalue weighted by Crippen LogP contribution is 2.26. The van der Waals surface area contributed by atoms with E-state index in [2.05, 4.69) is 23.4 Å². The molecular weight excluding hydrogens is 354 g/mol. The number of rotatable bonds is 3. The number of aromatic nitrogens is 1. The topological polar surface area (TPSA) is 62.5 Å². The van der Waals surface area contributed by atoms with E-state index in [1.54, 1.807) is 0 Å². The molecule has 8 heteroatoms. The summed E-state index contributed by atoms with van der Waals surface area (Å²) in [6.07, 6.45) is 1.52. The molecule has 0 atom stereocenters. The van der Waals surface area contributed by atoms with Crippen LogP contribution >= 0.6 is 0 Å². The van der Waals surface area contributed by atoms with Gasteiger partial charge in [0.15, 0.2) is 0 Å². The Labute approximate surface area is 154 Å². The summed E-state index contributed by atoms with van der Waals surface area (Å²) < 4.78 is 26.8. The van der Waals surface area contributed by atoms with Gasteiger partial charge in [-0.05, 0) is 30.2 Å². The molecule has 1 aromatic heterocycles. The number of piperazine rings is 1. The Hall–Kier alpha value is -3.47. The first-order chi connectivity index (χ1) is 13.0. The molecule has 3 rings (SSSR count). The maximum Gasteiger partial charge on any atom is 0.311 e. The fraction of sp³-hybridized carbons (Fsp3) is 0.211. The molecule has 0 N–H and O–H groups in total. The van der Waals surface area contributed by atoms with Crippen LogP contribution in [-0.4, -0.2) is 41.0 Å². The van der Waals surface area contributed by atoms with E-state index < -0.39 is 16.6 Å². The van der Waals surface area contributed by atoms with Gasteiger partial charge < -0.3 is 9.80 Å². The third kappa shape index (κ3) is 4.20. The molecule has 2 aromatic rings. The Balaban J connectivity index is 1.66. The van der Waals surface area contributed by atoms with Crippen molar-refractivity contribution in [2.45, 2.75) is 0 Å². The van der Waals surface area contributed by atoms with Crippen molar-refractivity contribution in [3.63, 3.8) is 0 Å². The minimum absolute atomic E-state index is 0.0288. The fourth-order valence-electron chi connectivity index (χ4n) is 2.77. The van der Waals surface area contributed by atoms with Gasteiger partial charge >= 0.3 is 5.69 Å². The average molecular weight is 370 g/mol. The van der Waals surface area contributed by atoms with Gasteiger partial charge in [-0.3, -0.25) is 10.1 Å². The molecule has 1 fully saturated rings. The Morgan fingerprint density at radius 3 is 2.67 bits per heavy atom. The highest BCUT2D eigenvalue weighted by Gasteiger charge is 2.24. The summed E-state index contributed by atoms with van der Waals surface area (Å²) in [5.41, 5.74) is 0.416. The Morgan fingerprint density at radius 1 is 1.22 bits per heavy atom. The summed E-state index contributed by atoms with van der Waals surface area (Å²) >= 11 is 0. The molecule has 0 aliphatic carbocycles. The van der Waals surface area contributed by atoms with Crippen molar-refractivity contribution in [2.75, 3.05) is 31.1 Å². The summed E-state index contributed by atoms with van der Waals surface area (Å²) in [6, 6.07) is 6.05. The SMILES string of the molecule is C=C(C#Cc1cc(F)ccc1F)N1CCN(c2ncccc2[N+](=O)[O-])CC1. The number of halogens is 2. The van der Waals surface area contributed by atoms with Crippen LogP contribution in [-0.2, 0) is 0 Å². The largest absolute Gasteiger partial charge is 0.362 e.